The van der Waals surface area contributed by atoms with Crippen molar-refractivity contribution in [1.82, 2.24) is 0 Å². The second-order valence-electron chi connectivity index (χ2n) is 2.36. The number of esters is 1. The standard InChI is InChI=1S/C6H10O2S2/c7-6-4(2-9)1-5(3-10)8-6/h4-5,9-10H,1-3H2. The van der Waals surface area contributed by atoms with Gasteiger partial charge in [0.2, 0.25) is 0 Å². The quantitative estimate of drug-likeness (QED) is 0.483. The van der Waals surface area contributed by atoms with Gasteiger partial charge in [-0.25, -0.2) is 0 Å². The van der Waals surface area contributed by atoms with Crippen LogP contribution in [0.15, 0.2) is 0 Å². The third-order valence-corrected chi connectivity index (χ3v) is 2.44. The summed E-state index contributed by atoms with van der Waals surface area (Å²) in [5, 5.41) is 0. The zero-order valence-corrected chi connectivity index (χ0v) is 7.28. The molecule has 1 saturated heterocycles. The van der Waals surface area contributed by atoms with Crippen LogP contribution in [0, 0.1) is 5.92 Å². The fraction of sp³-hybridized carbons (Fsp3) is 0.833. The molecule has 0 bridgehead atoms. The summed E-state index contributed by atoms with van der Waals surface area (Å²) in [6, 6.07) is 0. The molecule has 0 spiro atoms. The monoisotopic (exact) mass is 178 g/mol. The first-order valence-corrected chi connectivity index (χ1v) is 4.46. The van der Waals surface area contributed by atoms with Crippen molar-refractivity contribution in [3.8, 4) is 0 Å². The second-order valence-corrected chi connectivity index (χ2v) is 3.09. The number of ether oxygens (including phenoxy) is 1. The molecule has 1 fully saturated rings. The minimum Gasteiger partial charge on any atom is -0.461 e. The number of rotatable bonds is 2. The molecular formula is C6H10O2S2. The van der Waals surface area contributed by atoms with E-state index in [0.717, 1.165) is 6.42 Å². The number of carbonyl (C=O) groups is 1. The van der Waals surface area contributed by atoms with Gasteiger partial charge in [-0.1, -0.05) is 0 Å². The fourth-order valence-corrected chi connectivity index (χ4v) is 1.50. The van der Waals surface area contributed by atoms with Crippen LogP contribution in [0.25, 0.3) is 0 Å². The van der Waals surface area contributed by atoms with Gasteiger partial charge in [0.05, 0.1) is 5.92 Å². The summed E-state index contributed by atoms with van der Waals surface area (Å²) in [4.78, 5) is 10.9. The number of cyclic esters (lactones) is 1. The van der Waals surface area contributed by atoms with Crippen molar-refractivity contribution in [2.45, 2.75) is 12.5 Å². The van der Waals surface area contributed by atoms with Gasteiger partial charge < -0.3 is 4.74 Å². The SMILES string of the molecule is O=C1OC(CS)CC1CS. The Labute approximate surface area is 71.1 Å². The van der Waals surface area contributed by atoms with Crippen LogP contribution in [-0.2, 0) is 9.53 Å². The number of hydrogen-bond acceptors (Lipinski definition) is 4. The lowest BCUT2D eigenvalue weighted by atomic mass is 10.1. The highest BCUT2D eigenvalue weighted by Gasteiger charge is 2.32. The average Bonchev–Trinajstić information content (AvgIpc) is 2.30. The van der Waals surface area contributed by atoms with Gasteiger partial charge >= 0.3 is 5.97 Å². The normalized spacial score (nSPS) is 32.4. The summed E-state index contributed by atoms with van der Waals surface area (Å²) in [6.07, 6.45) is 0.805. The molecular weight excluding hydrogens is 168 g/mol. The van der Waals surface area contributed by atoms with Crippen LogP contribution in [0.3, 0.4) is 0 Å². The maximum Gasteiger partial charge on any atom is 0.310 e. The summed E-state index contributed by atoms with van der Waals surface area (Å²) in [6.45, 7) is 0. The molecule has 10 heavy (non-hydrogen) atoms. The summed E-state index contributed by atoms with van der Waals surface area (Å²) in [5.74, 6) is 1.09. The van der Waals surface area contributed by atoms with Crippen LogP contribution < -0.4 is 0 Å². The van der Waals surface area contributed by atoms with E-state index in [4.69, 9.17) is 4.74 Å². The first-order valence-electron chi connectivity index (χ1n) is 3.20. The maximum atomic E-state index is 10.9. The van der Waals surface area contributed by atoms with Crippen molar-refractivity contribution in [3.63, 3.8) is 0 Å². The zero-order chi connectivity index (χ0) is 7.56. The molecule has 2 unspecified atom stereocenters. The smallest absolute Gasteiger partial charge is 0.310 e. The van der Waals surface area contributed by atoms with E-state index in [1.165, 1.54) is 0 Å². The third kappa shape index (κ3) is 1.61. The summed E-state index contributed by atoms with van der Waals surface area (Å²) in [5.41, 5.74) is 0. The molecule has 1 aliphatic rings. The van der Waals surface area contributed by atoms with E-state index in [2.05, 4.69) is 25.3 Å². The van der Waals surface area contributed by atoms with E-state index in [1.807, 2.05) is 0 Å². The Morgan fingerprint density at radius 2 is 2.20 bits per heavy atom. The molecule has 1 aliphatic heterocycles. The van der Waals surface area contributed by atoms with Gasteiger partial charge in [0.1, 0.15) is 6.10 Å². The van der Waals surface area contributed by atoms with Crippen LogP contribution in [-0.4, -0.2) is 23.6 Å². The van der Waals surface area contributed by atoms with E-state index in [0.29, 0.717) is 11.5 Å². The molecule has 0 amide bonds. The lowest BCUT2D eigenvalue weighted by Crippen LogP contribution is -2.08. The Bertz CT molecular complexity index is 138. The van der Waals surface area contributed by atoms with Gasteiger partial charge in [-0.15, -0.1) is 0 Å². The fourth-order valence-electron chi connectivity index (χ4n) is 0.983. The molecule has 0 radical (unpaired) electrons. The average molecular weight is 178 g/mol. The predicted octanol–water partition coefficient (Wildman–Crippen LogP) is 0.778. The molecule has 2 nitrogen and oxygen atoms in total. The molecule has 0 saturated carbocycles. The summed E-state index contributed by atoms with van der Waals surface area (Å²) < 4.78 is 4.95. The number of hydrogen-bond donors (Lipinski definition) is 2. The Balaban J connectivity index is 2.44. The zero-order valence-electron chi connectivity index (χ0n) is 5.49. The van der Waals surface area contributed by atoms with Gasteiger partial charge in [-0.2, -0.15) is 25.3 Å². The minimum atomic E-state index is -0.117. The third-order valence-electron chi connectivity index (χ3n) is 1.59. The first kappa shape index (κ1) is 8.27. The minimum absolute atomic E-state index is 0.000448. The molecule has 0 aliphatic carbocycles. The molecule has 0 aromatic rings. The highest BCUT2D eigenvalue weighted by Crippen LogP contribution is 2.22. The Kier molecular flexibility index (Phi) is 2.92. The second kappa shape index (κ2) is 3.53. The molecule has 0 aromatic heterocycles. The van der Waals surface area contributed by atoms with Crippen molar-refractivity contribution in [1.29, 1.82) is 0 Å². The molecule has 0 aromatic carbocycles. The van der Waals surface area contributed by atoms with Crippen molar-refractivity contribution >= 4 is 31.2 Å². The lowest BCUT2D eigenvalue weighted by molar-refractivity contribution is -0.143. The van der Waals surface area contributed by atoms with Crippen molar-refractivity contribution < 1.29 is 9.53 Å². The van der Waals surface area contributed by atoms with Crippen LogP contribution in [0.2, 0.25) is 0 Å². The van der Waals surface area contributed by atoms with Gasteiger partial charge in [-0.05, 0) is 6.42 Å². The molecule has 0 N–H and O–H groups in total. The van der Waals surface area contributed by atoms with E-state index in [-0.39, 0.29) is 18.0 Å². The van der Waals surface area contributed by atoms with Crippen LogP contribution >= 0.6 is 25.3 Å². The van der Waals surface area contributed by atoms with Gasteiger partial charge in [-0.3, -0.25) is 4.79 Å². The Hall–Kier alpha value is 0.170. The van der Waals surface area contributed by atoms with Crippen molar-refractivity contribution in [3.05, 3.63) is 0 Å². The van der Waals surface area contributed by atoms with Crippen molar-refractivity contribution in [2.75, 3.05) is 11.5 Å². The van der Waals surface area contributed by atoms with Gasteiger partial charge in [0.25, 0.3) is 0 Å². The highest BCUT2D eigenvalue weighted by atomic mass is 32.1. The Morgan fingerprint density at radius 1 is 1.50 bits per heavy atom. The van der Waals surface area contributed by atoms with E-state index >= 15 is 0 Å². The summed E-state index contributed by atoms with van der Waals surface area (Å²) in [7, 11) is 0. The van der Waals surface area contributed by atoms with Gasteiger partial charge in [0.15, 0.2) is 0 Å². The first-order chi connectivity index (χ1) is 4.77. The topological polar surface area (TPSA) is 26.3 Å². The molecule has 1 heterocycles. The maximum absolute atomic E-state index is 10.9. The predicted molar refractivity (Wildman–Crippen MR) is 45.7 cm³/mol. The van der Waals surface area contributed by atoms with E-state index < -0.39 is 0 Å². The number of carbonyl (C=O) groups excluding carboxylic acids is 1. The molecule has 58 valence electrons. The molecule has 4 heteroatoms. The van der Waals surface area contributed by atoms with Crippen molar-refractivity contribution in [2.24, 2.45) is 5.92 Å². The van der Waals surface area contributed by atoms with Crippen LogP contribution in [0.4, 0.5) is 0 Å². The molecule has 2 atom stereocenters. The van der Waals surface area contributed by atoms with E-state index in [1.54, 1.807) is 0 Å². The van der Waals surface area contributed by atoms with E-state index in [9.17, 15) is 4.79 Å². The number of thiol groups is 2. The largest absolute Gasteiger partial charge is 0.461 e. The Morgan fingerprint density at radius 3 is 2.50 bits per heavy atom. The molecule has 1 rings (SSSR count). The highest BCUT2D eigenvalue weighted by molar-refractivity contribution is 7.80. The van der Waals surface area contributed by atoms with Crippen LogP contribution in [0.1, 0.15) is 6.42 Å². The lowest BCUT2D eigenvalue weighted by Gasteiger charge is -2.01. The van der Waals surface area contributed by atoms with Crippen LogP contribution in [0.5, 0.6) is 0 Å². The van der Waals surface area contributed by atoms with Gasteiger partial charge in [0, 0.05) is 11.5 Å². The summed E-state index contributed by atoms with van der Waals surface area (Å²) >= 11 is 8.06.